The molecule has 0 unspecified atom stereocenters. The van der Waals surface area contributed by atoms with E-state index in [4.69, 9.17) is 5.26 Å². The Balaban J connectivity index is -0.0000000462. The maximum absolute atomic E-state index is 10.1. The van der Waals surface area contributed by atoms with Crippen molar-refractivity contribution in [1.29, 1.82) is 5.26 Å². The van der Waals surface area contributed by atoms with Crippen LogP contribution in [0.5, 0.6) is 0 Å². The first-order chi connectivity index (χ1) is 24.0. The summed E-state index contributed by atoms with van der Waals surface area (Å²) in [5.74, 6) is 0.927. The number of esters is 2. The van der Waals surface area contributed by atoms with Gasteiger partial charge in [-0.1, -0.05) is 144 Å². The Morgan fingerprint density at radius 2 is 1.04 bits per heavy atom. The van der Waals surface area contributed by atoms with Crippen molar-refractivity contribution in [1.82, 2.24) is 4.90 Å². The van der Waals surface area contributed by atoms with E-state index < -0.39 is 0 Å². The second-order valence-electron chi connectivity index (χ2n) is 9.83. The first-order valence-corrected chi connectivity index (χ1v) is 18.6. The summed E-state index contributed by atoms with van der Waals surface area (Å²) >= 11 is 0. The zero-order valence-corrected chi connectivity index (χ0v) is 37.9. The minimum atomic E-state index is -0.245. The highest BCUT2D eigenvalue weighted by molar-refractivity contribution is 5.74. The van der Waals surface area contributed by atoms with Crippen LogP contribution in [0.2, 0.25) is 0 Å². The van der Waals surface area contributed by atoms with E-state index in [1.807, 2.05) is 66.7 Å². The average Bonchev–Trinajstić information content (AvgIpc) is 3.10. The summed E-state index contributed by atoms with van der Waals surface area (Å²) < 4.78 is 12.8. The summed E-state index contributed by atoms with van der Waals surface area (Å²) in [4.78, 5) is 40.8. The number of rotatable bonds is 2. The van der Waals surface area contributed by atoms with E-state index in [0.29, 0.717) is 13.0 Å². The van der Waals surface area contributed by atoms with Crippen molar-refractivity contribution < 1.29 is 33.4 Å². The summed E-state index contributed by atoms with van der Waals surface area (Å²) in [6.45, 7) is 32.1. The molecule has 0 atom stereocenters. The number of nitriles is 1. The Hall–Kier alpha value is -3.25. The second kappa shape index (κ2) is 81.0. The molecule has 0 N–H and O–H groups in total. The van der Waals surface area contributed by atoms with E-state index >= 15 is 0 Å². The predicted octanol–water partition coefficient (Wildman–Crippen LogP) is 11.7. The molecular formula is C42H88N2O7. The maximum atomic E-state index is 10.1. The number of aryl methyl sites for hydroxylation is 1. The number of methoxy groups -OCH3 is 2. The van der Waals surface area contributed by atoms with Gasteiger partial charge in [0.25, 0.3) is 0 Å². The van der Waals surface area contributed by atoms with Crippen LogP contribution in [0.25, 0.3) is 0 Å². The summed E-state index contributed by atoms with van der Waals surface area (Å²) in [6.07, 6.45) is 9.35. The average molecular weight is 733 g/mol. The summed E-state index contributed by atoms with van der Waals surface area (Å²) in [7, 11) is 8.05. The van der Waals surface area contributed by atoms with Crippen molar-refractivity contribution >= 4 is 23.6 Å². The first-order valence-electron chi connectivity index (χ1n) is 18.6. The Kier molecular flexibility index (Phi) is 116. The number of nitrogens with zero attached hydrogens (tertiary/aromatic N) is 2. The predicted molar refractivity (Wildman–Crippen MR) is 223 cm³/mol. The number of benzene rings is 1. The van der Waals surface area contributed by atoms with Gasteiger partial charge in [0, 0.05) is 62.4 Å². The Labute approximate surface area is 319 Å². The fourth-order valence-corrected chi connectivity index (χ4v) is 2.04. The third-order valence-electron chi connectivity index (χ3n) is 4.60. The van der Waals surface area contributed by atoms with E-state index in [-0.39, 0.29) is 23.6 Å². The lowest BCUT2D eigenvalue weighted by molar-refractivity contribution is -0.140. The zero-order valence-electron chi connectivity index (χ0n) is 37.9. The van der Waals surface area contributed by atoms with E-state index in [1.54, 1.807) is 48.2 Å². The highest BCUT2D eigenvalue weighted by Gasteiger charge is 2.05. The normalized spacial score (nSPS) is 9.12. The van der Waals surface area contributed by atoms with Gasteiger partial charge in [0.1, 0.15) is 5.78 Å². The van der Waals surface area contributed by atoms with E-state index in [0.717, 1.165) is 5.92 Å². The van der Waals surface area contributed by atoms with Crippen LogP contribution in [0.1, 0.15) is 161 Å². The quantitative estimate of drug-likeness (QED) is 0.275. The molecule has 1 aliphatic carbocycles. The third kappa shape index (κ3) is 166. The molecule has 1 aromatic rings. The highest BCUT2D eigenvalue weighted by atomic mass is 16.5. The summed E-state index contributed by atoms with van der Waals surface area (Å²) in [5.41, 5.74) is 1.32. The van der Waals surface area contributed by atoms with Gasteiger partial charge in [-0.2, -0.15) is 5.26 Å². The van der Waals surface area contributed by atoms with Crippen LogP contribution in [-0.2, 0) is 33.4 Å². The topological polar surface area (TPSA) is 123 Å². The standard InChI is InChI=1S/C7H14.C7H8.C4H9NO.C4H8O2.C4H8O.C3H6O2.C3H8.C2H3N.C2H6O.3C2H6/c2*1-7-5-3-2-4-6-7;1-4(6)5(2)3;1-3-6-4(2)5;1-3-4(2)5;1-3(4)5-2;1-3-2;1-2-3;1-3-2;3*1-2/h7H,2-6H2,1H3;2-6H,1H3;1-3H3;3H2,1-2H3;3H2,1-2H3;1-2H3;3H2,1-2H3;1H3;1-2H3;3*1-2H3. The largest absolute Gasteiger partial charge is 0.469 e. The van der Waals surface area contributed by atoms with E-state index in [2.05, 4.69) is 54.0 Å². The Bertz CT molecular complexity index is 757. The molecule has 9 heteroatoms. The van der Waals surface area contributed by atoms with Crippen LogP contribution in [-0.4, -0.2) is 70.6 Å². The molecule has 0 radical (unpaired) electrons. The Morgan fingerprint density at radius 3 is 1.12 bits per heavy atom. The second-order valence-corrected chi connectivity index (χ2v) is 9.83. The molecule has 308 valence electrons. The van der Waals surface area contributed by atoms with Gasteiger partial charge in [-0.3, -0.25) is 14.4 Å². The molecule has 1 saturated carbocycles. The van der Waals surface area contributed by atoms with Crippen LogP contribution >= 0.6 is 0 Å². The molecule has 1 aromatic carbocycles. The fourth-order valence-electron chi connectivity index (χ4n) is 2.04. The molecule has 1 amide bonds. The monoisotopic (exact) mass is 733 g/mol. The summed E-state index contributed by atoms with van der Waals surface area (Å²) in [5, 5.41) is 7.32. The minimum Gasteiger partial charge on any atom is -0.469 e. The smallest absolute Gasteiger partial charge is 0.302 e. The number of Topliss-reactive ketones (excluding diaryl/α,β-unsaturated/α-hetero) is 1. The molecule has 51 heavy (non-hydrogen) atoms. The molecule has 0 aliphatic heterocycles. The number of hydrogen-bond acceptors (Lipinski definition) is 8. The third-order valence-corrected chi connectivity index (χ3v) is 4.60. The SMILES string of the molecule is CC.CC.CC.CC#N.CC(=O)N(C)C.CC1CCCCC1.CCC.CCC(C)=O.CCOC(C)=O.COC.COC(C)=O.Cc1ccccc1. The molecule has 0 spiro atoms. The lowest BCUT2D eigenvalue weighted by atomic mass is 9.91. The molecular weight excluding hydrogens is 644 g/mol. The van der Waals surface area contributed by atoms with Crippen LogP contribution in [0.4, 0.5) is 0 Å². The lowest BCUT2D eigenvalue weighted by Gasteiger charge is -2.15. The molecule has 9 nitrogen and oxygen atoms in total. The molecule has 1 fully saturated rings. The molecule has 0 saturated heterocycles. The van der Waals surface area contributed by atoms with Gasteiger partial charge in [-0.05, 0) is 26.7 Å². The number of carbonyl (C=O) groups is 4. The van der Waals surface area contributed by atoms with Gasteiger partial charge in [0.05, 0.1) is 19.8 Å². The molecule has 1 aliphatic rings. The fraction of sp³-hybridized carbons (Fsp3) is 0.738. The number of hydrogen-bond donors (Lipinski definition) is 0. The van der Waals surface area contributed by atoms with Crippen LogP contribution in [0.15, 0.2) is 30.3 Å². The highest BCUT2D eigenvalue weighted by Crippen LogP contribution is 2.22. The van der Waals surface area contributed by atoms with Crippen molar-refractivity contribution in [3.8, 4) is 6.07 Å². The molecule has 2 rings (SSSR count). The van der Waals surface area contributed by atoms with Gasteiger partial charge < -0.3 is 23.9 Å². The number of ketones is 1. The van der Waals surface area contributed by atoms with Gasteiger partial charge >= 0.3 is 11.9 Å². The molecule has 0 aromatic heterocycles. The number of ether oxygens (including phenoxy) is 3. The van der Waals surface area contributed by atoms with Crippen LogP contribution in [0, 0.1) is 24.2 Å². The van der Waals surface area contributed by atoms with Gasteiger partial charge in [-0.15, -0.1) is 0 Å². The van der Waals surface area contributed by atoms with E-state index in [1.165, 1.54) is 83.8 Å². The zero-order chi connectivity index (χ0) is 43.1. The Morgan fingerprint density at radius 1 is 0.765 bits per heavy atom. The van der Waals surface area contributed by atoms with Crippen molar-refractivity contribution in [3.05, 3.63) is 35.9 Å². The van der Waals surface area contributed by atoms with Gasteiger partial charge in [0.2, 0.25) is 5.91 Å². The maximum Gasteiger partial charge on any atom is 0.302 e. The van der Waals surface area contributed by atoms with Crippen molar-refractivity contribution in [3.63, 3.8) is 0 Å². The van der Waals surface area contributed by atoms with Gasteiger partial charge in [0.15, 0.2) is 0 Å². The van der Waals surface area contributed by atoms with Crippen molar-refractivity contribution in [2.45, 2.75) is 163 Å². The molecule has 0 bridgehead atoms. The van der Waals surface area contributed by atoms with Crippen LogP contribution < -0.4 is 0 Å². The van der Waals surface area contributed by atoms with Gasteiger partial charge in [-0.25, -0.2) is 0 Å². The van der Waals surface area contributed by atoms with Crippen molar-refractivity contribution in [2.75, 3.05) is 42.0 Å². The number of amides is 1. The molecule has 0 heterocycles. The number of carbonyl (C=O) groups excluding carboxylic acids is 4. The lowest BCUT2D eigenvalue weighted by Crippen LogP contribution is -2.17. The minimum absolute atomic E-state index is 0.0926. The first kappa shape index (κ1) is 73.2. The van der Waals surface area contributed by atoms with Crippen LogP contribution in [0.3, 0.4) is 0 Å². The van der Waals surface area contributed by atoms with E-state index in [9.17, 15) is 19.2 Å². The van der Waals surface area contributed by atoms with Crippen molar-refractivity contribution in [2.24, 2.45) is 5.92 Å². The summed E-state index contributed by atoms with van der Waals surface area (Å²) in [6, 6.07) is 12.0.